The third-order valence-corrected chi connectivity index (χ3v) is 3.94. The van der Waals surface area contributed by atoms with Crippen molar-refractivity contribution in [3.05, 3.63) is 72.8 Å². The molecule has 140 valence electrons. The first-order valence-corrected chi connectivity index (χ1v) is 8.53. The lowest BCUT2D eigenvalue weighted by atomic mass is 10.2. The molecule has 0 bridgehead atoms. The lowest BCUT2D eigenvalue weighted by Gasteiger charge is -2.12. The summed E-state index contributed by atoms with van der Waals surface area (Å²) in [6, 6.07) is 20.9. The maximum Gasteiger partial charge on any atom is 0.314 e. The molecule has 2 amide bonds. The van der Waals surface area contributed by atoms with E-state index in [9.17, 15) is 9.59 Å². The third kappa shape index (κ3) is 3.88. The Morgan fingerprint density at radius 2 is 1.50 bits per heavy atom. The van der Waals surface area contributed by atoms with E-state index in [1.807, 2.05) is 18.2 Å². The van der Waals surface area contributed by atoms with Gasteiger partial charge in [-0.2, -0.15) is 0 Å². The van der Waals surface area contributed by atoms with Gasteiger partial charge in [-0.25, -0.2) is 0 Å². The van der Waals surface area contributed by atoms with Crippen molar-refractivity contribution in [1.82, 2.24) is 0 Å². The molecule has 0 atom stereocenters. The van der Waals surface area contributed by atoms with Crippen molar-refractivity contribution in [3.8, 4) is 23.0 Å². The van der Waals surface area contributed by atoms with E-state index in [1.165, 1.54) is 0 Å². The van der Waals surface area contributed by atoms with Crippen LogP contribution in [-0.2, 0) is 9.59 Å². The minimum absolute atomic E-state index is 0.130. The largest absolute Gasteiger partial charge is 0.455 e. The van der Waals surface area contributed by atoms with Crippen LogP contribution in [0.2, 0.25) is 0 Å². The summed E-state index contributed by atoms with van der Waals surface area (Å²) in [5.74, 6) is 0.524. The fraction of sp³-hybridized carbons (Fsp3) is 0.0476. The number of nitrogens with one attached hydrogen (secondary N) is 2. The zero-order chi connectivity index (χ0) is 19.3. The molecule has 0 aliphatic carbocycles. The predicted octanol–water partition coefficient (Wildman–Crippen LogP) is 3.78. The van der Waals surface area contributed by atoms with Crippen molar-refractivity contribution < 1.29 is 23.8 Å². The van der Waals surface area contributed by atoms with Crippen LogP contribution < -0.4 is 24.8 Å². The molecule has 0 aromatic heterocycles. The average Bonchev–Trinajstić information content (AvgIpc) is 3.18. The summed E-state index contributed by atoms with van der Waals surface area (Å²) in [5, 5.41) is 5.10. The van der Waals surface area contributed by atoms with Crippen LogP contribution in [0.25, 0.3) is 0 Å². The maximum absolute atomic E-state index is 12.3. The molecule has 3 aromatic carbocycles. The number of para-hydroxylation sites is 3. The van der Waals surface area contributed by atoms with Gasteiger partial charge in [0.05, 0.1) is 5.69 Å². The van der Waals surface area contributed by atoms with E-state index in [2.05, 4.69) is 10.6 Å². The van der Waals surface area contributed by atoms with Crippen LogP contribution in [0.15, 0.2) is 72.8 Å². The molecule has 2 N–H and O–H groups in total. The fourth-order valence-corrected chi connectivity index (χ4v) is 2.62. The summed E-state index contributed by atoms with van der Waals surface area (Å²) in [6.45, 7) is 0.130. The molecule has 7 heteroatoms. The van der Waals surface area contributed by atoms with Gasteiger partial charge in [-0.05, 0) is 36.4 Å². The summed E-state index contributed by atoms with van der Waals surface area (Å²) in [4.78, 5) is 24.6. The predicted molar refractivity (Wildman–Crippen MR) is 103 cm³/mol. The van der Waals surface area contributed by atoms with Crippen molar-refractivity contribution in [1.29, 1.82) is 0 Å². The Balaban J connectivity index is 1.44. The van der Waals surface area contributed by atoms with E-state index < -0.39 is 11.8 Å². The van der Waals surface area contributed by atoms with Gasteiger partial charge >= 0.3 is 11.8 Å². The monoisotopic (exact) mass is 376 g/mol. The van der Waals surface area contributed by atoms with Crippen LogP contribution in [0.1, 0.15) is 0 Å². The Morgan fingerprint density at radius 3 is 2.36 bits per heavy atom. The second-order valence-corrected chi connectivity index (χ2v) is 5.89. The van der Waals surface area contributed by atoms with Crippen molar-refractivity contribution in [2.75, 3.05) is 17.4 Å². The van der Waals surface area contributed by atoms with Gasteiger partial charge in [-0.1, -0.05) is 30.3 Å². The first kappa shape index (κ1) is 17.4. The highest BCUT2D eigenvalue weighted by molar-refractivity contribution is 6.43. The number of anilines is 2. The Morgan fingerprint density at radius 1 is 0.786 bits per heavy atom. The highest BCUT2D eigenvalue weighted by atomic mass is 16.7. The molecule has 0 unspecified atom stereocenters. The molecular weight excluding hydrogens is 360 g/mol. The van der Waals surface area contributed by atoms with Gasteiger partial charge in [0.25, 0.3) is 0 Å². The number of hydrogen-bond acceptors (Lipinski definition) is 5. The lowest BCUT2D eigenvalue weighted by molar-refractivity contribution is -0.133. The highest BCUT2D eigenvalue weighted by Gasteiger charge is 2.18. The number of amides is 2. The Bertz CT molecular complexity index is 1020. The van der Waals surface area contributed by atoms with Crippen molar-refractivity contribution in [3.63, 3.8) is 0 Å². The van der Waals surface area contributed by atoms with E-state index in [0.717, 1.165) is 0 Å². The minimum Gasteiger partial charge on any atom is -0.455 e. The molecule has 1 aliphatic heterocycles. The quantitative estimate of drug-likeness (QED) is 0.677. The SMILES string of the molecule is O=C(Nc1ccc2c(c1)OCO2)C(=O)Nc1ccccc1Oc1ccccc1. The standard InChI is InChI=1S/C21H16N2O5/c24-20(22-14-10-11-18-19(12-14)27-13-26-18)21(25)23-16-8-4-5-9-17(16)28-15-6-2-1-3-7-15/h1-12H,13H2,(H,22,24)(H,23,25). The molecule has 0 radical (unpaired) electrons. The molecule has 28 heavy (non-hydrogen) atoms. The molecule has 0 saturated carbocycles. The number of carbonyl (C=O) groups is 2. The Labute approximate surface area is 160 Å². The summed E-state index contributed by atoms with van der Waals surface area (Å²) >= 11 is 0. The summed E-state index contributed by atoms with van der Waals surface area (Å²) in [5.41, 5.74) is 0.815. The van der Waals surface area contributed by atoms with Crippen molar-refractivity contribution in [2.24, 2.45) is 0 Å². The van der Waals surface area contributed by atoms with E-state index in [4.69, 9.17) is 14.2 Å². The highest BCUT2D eigenvalue weighted by Crippen LogP contribution is 2.34. The molecule has 4 rings (SSSR count). The summed E-state index contributed by atoms with van der Waals surface area (Å²) in [6.07, 6.45) is 0. The zero-order valence-electron chi connectivity index (χ0n) is 14.7. The van der Waals surface area contributed by atoms with Crippen LogP contribution in [0.4, 0.5) is 11.4 Å². The Hall–Kier alpha value is -4.00. The number of ether oxygens (including phenoxy) is 3. The second kappa shape index (κ2) is 7.71. The van der Waals surface area contributed by atoms with Gasteiger partial charge in [-0.3, -0.25) is 9.59 Å². The smallest absolute Gasteiger partial charge is 0.314 e. The van der Waals surface area contributed by atoms with Gasteiger partial charge in [0.15, 0.2) is 17.2 Å². The average molecular weight is 376 g/mol. The number of hydrogen-bond donors (Lipinski definition) is 2. The van der Waals surface area contributed by atoms with Gasteiger partial charge in [-0.15, -0.1) is 0 Å². The third-order valence-electron chi connectivity index (χ3n) is 3.94. The van der Waals surface area contributed by atoms with Crippen molar-refractivity contribution >= 4 is 23.2 Å². The topological polar surface area (TPSA) is 85.9 Å². The van der Waals surface area contributed by atoms with E-state index in [0.29, 0.717) is 34.4 Å². The zero-order valence-corrected chi connectivity index (χ0v) is 14.7. The van der Waals surface area contributed by atoms with E-state index in [1.54, 1.807) is 54.6 Å². The first-order chi connectivity index (χ1) is 13.7. The van der Waals surface area contributed by atoms with E-state index >= 15 is 0 Å². The van der Waals surface area contributed by atoms with Gasteiger partial charge in [0.2, 0.25) is 6.79 Å². The van der Waals surface area contributed by atoms with Crippen LogP contribution in [0.3, 0.4) is 0 Å². The number of rotatable bonds is 4. The van der Waals surface area contributed by atoms with Gasteiger partial charge in [0.1, 0.15) is 5.75 Å². The molecular formula is C21H16N2O5. The molecule has 1 aliphatic rings. The number of carbonyl (C=O) groups excluding carboxylic acids is 2. The van der Waals surface area contributed by atoms with Crippen LogP contribution in [0.5, 0.6) is 23.0 Å². The first-order valence-electron chi connectivity index (χ1n) is 8.53. The lowest BCUT2D eigenvalue weighted by Crippen LogP contribution is -2.29. The molecule has 1 heterocycles. The fourth-order valence-electron chi connectivity index (χ4n) is 2.62. The summed E-state index contributed by atoms with van der Waals surface area (Å²) < 4.78 is 16.3. The molecule has 0 fully saturated rings. The van der Waals surface area contributed by atoms with Gasteiger partial charge in [0, 0.05) is 11.8 Å². The maximum atomic E-state index is 12.3. The molecule has 0 saturated heterocycles. The second-order valence-electron chi connectivity index (χ2n) is 5.89. The van der Waals surface area contributed by atoms with Crippen LogP contribution >= 0.6 is 0 Å². The summed E-state index contributed by atoms with van der Waals surface area (Å²) in [7, 11) is 0. The van der Waals surface area contributed by atoms with Crippen LogP contribution in [-0.4, -0.2) is 18.6 Å². The Kier molecular flexibility index (Phi) is 4.79. The normalized spacial score (nSPS) is 11.6. The molecule has 7 nitrogen and oxygen atoms in total. The number of benzene rings is 3. The van der Waals surface area contributed by atoms with E-state index in [-0.39, 0.29) is 6.79 Å². The van der Waals surface area contributed by atoms with Gasteiger partial charge < -0.3 is 24.8 Å². The van der Waals surface area contributed by atoms with Crippen LogP contribution in [0, 0.1) is 0 Å². The van der Waals surface area contributed by atoms with Crippen molar-refractivity contribution in [2.45, 2.75) is 0 Å². The number of fused-ring (bicyclic) bond motifs is 1. The molecule has 3 aromatic rings. The minimum atomic E-state index is -0.818. The molecule has 0 spiro atoms.